The van der Waals surface area contributed by atoms with Crippen molar-refractivity contribution in [3.05, 3.63) is 0 Å². The number of hydrogen-bond acceptors (Lipinski definition) is 3. The predicted octanol–water partition coefficient (Wildman–Crippen LogP) is 2.32. The lowest BCUT2D eigenvalue weighted by Crippen LogP contribution is -2.75. The van der Waals surface area contributed by atoms with Crippen LogP contribution in [0.25, 0.3) is 0 Å². The van der Waals surface area contributed by atoms with Crippen molar-refractivity contribution in [1.29, 1.82) is 0 Å². The van der Waals surface area contributed by atoms with Gasteiger partial charge in [0.15, 0.2) is 0 Å². The van der Waals surface area contributed by atoms with E-state index in [1.807, 2.05) is 4.90 Å². The summed E-state index contributed by atoms with van der Waals surface area (Å²) < 4.78 is 0. The lowest BCUT2D eigenvalue weighted by Gasteiger charge is -2.53. The van der Waals surface area contributed by atoms with Crippen molar-refractivity contribution in [1.82, 2.24) is 10.2 Å². The van der Waals surface area contributed by atoms with Gasteiger partial charge in [0.25, 0.3) is 0 Å². The Morgan fingerprint density at radius 3 is 2.29 bits per heavy atom. The lowest BCUT2D eigenvalue weighted by atomic mass is 9.75. The fraction of sp³-hybridized carbons (Fsp3) is 0.875. The van der Waals surface area contributed by atoms with Gasteiger partial charge in [0.1, 0.15) is 11.1 Å². The minimum absolute atomic E-state index is 0.129. The topological polar surface area (TPSA) is 49.4 Å². The van der Waals surface area contributed by atoms with Gasteiger partial charge in [-0.2, -0.15) is 11.8 Å². The Morgan fingerprint density at radius 2 is 1.67 bits per heavy atom. The van der Waals surface area contributed by atoms with Gasteiger partial charge in [-0.05, 0) is 31.9 Å². The van der Waals surface area contributed by atoms with Crippen LogP contribution in [-0.4, -0.2) is 46.3 Å². The van der Waals surface area contributed by atoms with E-state index in [1.165, 1.54) is 6.42 Å². The largest absolute Gasteiger partial charge is 0.340 e. The van der Waals surface area contributed by atoms with Crippen LogP contribution in [0.1, 0.15) is 57.8 Å². The van der Waals surface area contributed by atoms with Crippen LogP contribution in [0.3, 0.4) is 0 Å². The summed E-state index contributed by atoms with van der Waals surface area (Å²) in [5.74, 6) is 1.25. The Balaban J connectivity index is 1.92. The molecule has 0 aromatic rings. The summed E-state index contributed by atoms with van der Waals surface area (Å²) in [6, 6.07) is 0. The zero-order valence-corrected chi connectivity index (χ0v) is 13.8. The second-order valence-corrected chi connectivity index (χ2v) is 7.77. The van der Waals surface area contributed by atoms with E-state index in [0.29, 0.717) is 0 Å². The van der Waals surface area contributed by atoms with Crippen molar-refractivity contribution < 1.29 is 9.59 Å². The number of thioether (sulfide) groups is 1. The first-order chi connectivity index (χ1) is 10.1. The third kappa shape index (κ3) is 2.37. The van der Waals surface area contributed by atoms with Crippen LogP contribution in [0.2, 0.25) is 0 Å². The molecular weight excluding hydrogens is 284 g/mol. The summed E-state index contributed by atoms with van der Waals surface area (Å²) in [6.07, 6.45) is 10.8. The molecule has 0 aromatic carbocycles. The highest BCUT2D eigenvalue weighted by molar-refractivity contribution is 7.98. The molecule has 0 aromatic heterocycles. The molecule has 1 N–H and O–H groups in total. The summed E-state index contributed by atoms with van der Waals surface area (Å²) in [5.41, 5.74) is -1.11. The second-order valence-electron chi connectivity index (χ2n) is 6.79. The summed E-state index contributed by atoms with van der Waals surface area (Å²) in [6.45, 7) is 0.717. The summed E-state index contributed by atoms with van der Waals surface area (Å²) in [4.78, 5) is 28.1. The van der Waals surface area contributed by atoms with Crippen LogP contribution in [-0.2, 0) is 9.59 Å². The number of piperazine rings is 1. The third-order valence-electron chi connectivity index (χ3n) is 5.60. The quantitative estimate of drug-likeness (QED) is 0.870. The van der Waals surface area contributed by atoms with Crippen molar-refractivity contribution in [2.24, 2.45) is 0 Å². The van der Waals surface area contributed by atoms with Crippen molar-refractivity contribution in [3.8, 4) is 0 Å². The van der Waals surface area contributed by atoms with Crippen LogP contribution in [0.4, 0.5) is 0 Å². The summed E-state index contributed by atoms with van der Waals surface area (Å²) >= 11 is 1.75. The molecule has 5 heteroatoms. The molecule has 2 spiro atoms. The predicted molar refractivity (Wildman–Crippen MR) is 85.3 cm³/mol. The highest BCUT2D eigenvalue weighted by Crippen LogP contribution is 2.43. The smallest absolute Gasteiger partial charge is 0.249 e. The van der Waals surface area contributed by atoms with Gasteiger partial charge in [-0.25, -0.2) is 0 Å². The molecule has 1 heterocycles. The lowest BCUT2D eigenvalue weighted by molar-refractivity contribution is -0.165. The van der Waals surface area contributed by atoms with Gasteiger partial charge >= 0.3 is 0 Å². The Labute approximate surface area is 131 Å². The maximum atomic E-state index is 13.2. The van der Waals surface area contributed by atoms with E-state index in [2.05, 4.69) is 11.6 Å². The van der Waals surface area contributed by atoms with Gasteiger partial charge in [0.05, 0.1) is 0 Å². The molecular formula is C16H26N2O2S. The fourth-order valence-corrected chi connectivity index (χ4v) is 4.78. The molecule has 1 saturated heterocycles. The molecule has 1 aliphatic heterocycles. The minimum atomic E-state index is -0.571. The molecule has 3 aliphatic rings. The fourth-order valence-electron chi connectivity index (χ4n) is 4.41. The van der Waals surface area contributed by atoms with E-state index in [1.54, 1.807) is 11.8 Å². The first kappa shape index (κ1) is 15.2. The Bertz CT molecular complexity index is 426. The van der Waals surface area contributed by atoms with E-state index < -0.39 is 11.1 Å². The van der Waals surface area contributed by atoms with Crippen molar-refractivity contribution in [2.45, 2.75) is 68.9 Å². The van der Waals surface area contributed by atoms with Gasteiger partial charge < -0.3 is 10.2 Å². The molecule has 118 valence electrons. The average Bonchev–Trinajstić information content (AvgIpc) is 2.96. The van der Waals surface area contributed by atoms with E-state index >= 15 is 0 Å². The van der Waals surface area contributed by atoms with Crippen LogP contribution in [0.15, 0.2) is 0 Å². The molecule has 2 saturated carbocycles. The normalized spacial score (nSPS) is 27.4. The van der Waals surface area contributed by atoms with Crippen molar-refractivity contribution in [2.75, 3.05) is 18.6 Å². The molecule has 0 radical (unpaired) electrons. The van der Waals surface area contributed by atoms with E-state index in [4.69, 9.17) is 0 Å². The number of carbonyl (C=O) groups is 2. The summed E-state index contributed by atoms with van der Waals surface area (Å²) in [7, 11) is 0. The monoisotopic (exact) mass is 310 g/mol. The van der Waals surface area contributed by atoms with Gasteiger partial charge in [-0.1, -0.05) is 32.1 Å². The van der Waals surface area contributed by atoms with Gasteiger partial charge in [0.2, 0.25) is 11.8 Å². The average molecular weight is 310 g/mol. The maximum Gasteiger partial charge on any atom is 0.249 e. The first-order valence-corrected chi connectivity index (χ1v) is 9.68. The molecule has 3 fully saturated rings. The number of hydrogen-bond donors (Lipinski definition) is 1. The van der Waals surface area contributed by atoms with Gasteiger partial charge in [0, 0.05) is 12.3 Å². The van der Waals surface area contributed by atoms with Crippen LogP contribution in [0, 0.1) is 0 Å². The molecule has 0 atom stereocenters. The third-order valence-corrected chi connectivity index (χ3v) is 6.19. The van der Waals surface area contributed by atoms with E-state index in [-0.39, 0.29) is 11.8 Å². The summed E-state index contributed by atoms with van der Waals surface area (Å²) in [5, 5.41) is 3.17. The second kappa shape index (κ2) is 5.82. The number of amides is 2. The molecule has 2 aliphatic carbocycles. The number of nitrogens with one attached hydrogen (secondary N) is 1. The number of carbonyl (C=O) groups excluding carboxylic acids is 2. The van der Waals surface area contributed by atoms with Crippen LogP contribution < -0.4 is 5.32 Å². The van der Waals surface area contributed by atoms with Crippen molar-refractivity contribution >= 4 is 23.6 Å². The number of rotatable bonds is 3. The van der Waals surface area contributed by atoms with Crippen molar-refractivity contribution in [3.63, 3.8) is 0 Å². The standard InChI is InChI=1S/C16H26N2O2S/c1-21-12-11-18-14(20)15(7-5-6-8-15)17-13(19)16(18)9-3-2-4-10-16/h2-12H2,1H3,(H,17,19). The molecule has 0 unspecified atom stereocenters. The zero-order chi connectivity index (χ0) is 14.9. The molecule has 2 amide bonds. The molecule has 4 nitrogen and oxygen atoms in total. The Kier molecular flexibility index (Phi) is 4.21. The molecule has 3 rings (SSSR count). The Hall–Kier alpha value is -0.710. The highest BCUT2D eigenvalue weighted by Gasteiger charge is 2.58. The maximum absolute atomic E-state index is 13.2. The van der Waals surface area contributed by atoms with Gasteiger partial charge in [-0.3, -0.25) is 9.59 Å². The van der Waals surface area contributed by atoms with Gasteiger partial charge in [-0.15, -0.1) is 0 Å². The zero-order valence-electron chi connectivity index (χ0n) is 13.0. The first-order valence-electron chi connectivity index (χ1n) is 8.28. The van der Waals surface area contributed by atoms with E-state index in [9.17, 15) is 9.59 Å². The molecule has 0 bridgehead atoms. The van der Waals surface area contributed by atoms with Crippen LogP contribution in [0.5, 0.6) is 0 Å². The molecule has 21 heavy (non-hydrogen) atoms. The minimum Gasteiger partial charge on any atom is -0.340 e. The number of nitrogens with zero attached hydrogens (tertiary/aromatic N) is 1. The van der Waals surface area contributed by atoms with Crippen LogP contribution >= 0.6 is 11.8 Å². The Morgan fingerprint density at radius 1 is 1.05 bits per heavy atom. The highest BCUT2D eigenvalue weighted by atomic mass is 32.2. The SMILES string of the molecule is CSCCN1C(=O)C2(CCCC2)NC(=O)C12CCCCC2. The van der Waals surface area contributed by atoms with E-state index in [0.717, 1.165) is 63.7 Å².